The second-order valence-corrected chi connectivity index (χ2v) is 10.3. The molecule has 0 amide bonds. The summed E-state index contributed by atoms with van der Waals surface area (Å²) in [5, 5.41) is -5.21. The van der Waals surface area contributed by atoms with Crippen LogP contribution in [0.15, 0.2) is 0 Å². The summed E-state index contributed by atoms with van der Waals surface area (Å²) in [5.74, 6) is -1.04. The summed E-state index contributed by atoms with van der Waals surface area (Å²) in [5.41, 5.74) is -1.86. The summed E-state index contributed by atoms with van der Waals surface area (Å²) >= 11 is 0. The number of hydrogen-bond donors (Lipinski definition) is 1. The smallest absolute Gasteiger partial charge is 0.299 e. The zero-order chi connectivity index (χ0) is 19.5. The molecule has 0 saturated heterocycles. The lowest BCUT2D eigenvalue weighted by Crippen LogP contribution is -2.44. The van der Waals surface area contributed by atoms with Gasteiger partial charge in [-0.25, -0.2) is 4.39 Å². The fourth-order valence-electron chi connectivity index (χ4n) is 3.87. The number of fused-ring (bicyclic) bond motifs is 2. The Labute approximate surface area is 143 Å². The van der Waals surface area contributed by atoms with Crippen molar-refractivity contribution in [3.8, 4) is 0 Å². The van der Waals surface area contributed by atoms with Crippen LogP contribution in [-0.4, -0.2) is 51.0 Å². The zero-order valence-electron chi connectivity index (χ0n) is 13.5. The lowest BCUT2D eigenvalue weighted by Gasteiger charge is -2.35. The van der Waals surface area contributed by atoms with Gasteiger partial charge in [0.15, 0.2) is 0 Å². The highest BCUT2D eigenvalue weighted by molar-refractivity contribution is 7.87. The second-order valence-electron chi connectivity index (χ2n) is 7.16. The molecule has 0 aromatic rings. The molecule has 2 rings (SSSR count). The highest BCUT2D eigenvalue weighted by Gasteiger charge is 2.65. The van der Waals surface area contributed by atoms with E-state index in [2.05, 4.69) is 4.18 Å². The van der Waals surface area contributed by atoms with E-state index in [1.54, 1.807) is 13.8 Å². The lowest BCUT2D eigenvalue weighted by atomic mass is 9.70. The van der Waals surface area contributed by atoms with E-state index in [0.717, 1.165) is 0 Å². The number of rotatable bonds is 7. The van der Waals surface area contributed by atoms with Gasteiger partial charge in [-0.2, -0.15) is 25.6 Å². The highest BCUT2D eigenvalue weighted by Crippen LogP contribution is 2.64. The molecule has 146 valence electrons. The van der Waals surface area contributed by atoms with Gasteiger partial charge in [-0.15, -0.1) is 0 Å². The standard InChI is InChI=1S/C13H19F3O7S2/c1-11(2)8-3-4-12(11,10(17)5-8)7-24(18,19)23-6-9(14)13(15,16)25(20,21)22/h8-9H,3-7H2,1-2H3,(H,20,21,22). The molecule has 2 bridgehead atoms. The van der Waals surface area contributed by atoms with E-state index < -0.39 is 54.9 Å². The molecule has 0 aliphatic heterocycles. The number of halogens is 3. The van der Waals surface area contributed by atoms with Gasteiger partial charge in [0.1, 0.15) is 12.4 Å². The van der Waals surface area contributed by atoms with Crippen molar-refractivity contribution < 1.29 is 43.5 Å². The molecule has 0 aromatic carbocycles. The topological polar surface area (TPSA) is 115 Å². The molecule has 7 nitrogen and oxygen atoms in total. The molecule has 1 N–H and O–H groups in total. The van der Waals surface area contributed by atoms with Gasteiger partial charge >= 0.3 is 15.4 Å². The Bertz CT molecular complexity index is 775. The average molecular weight is 408 g/mol. The van der Waals surface area contributed by atoms with E-state index in [9.17, 15) is 34.8 Å². The van der Waals surface area contributed by atoms with Crippen molar-refractivity contribution in [1.29, 1.82) is 0 Å². The maximum absolute atomic E-state index is 13.4. The number of hydrogen-bond acceptors (Lipinski definition) is 6. The van der Waals surface area contributed by atoms with Crippen molar-refractivity contribution in [1.82, 2.24) is 0 Å². The maximum Gasteiger partial charge on any atom is 0.402 e. The van der Waals surface area contributed by atoms with E-state index in [0.29, 0.717) is 12.8 Å². The molecule has 3 unspecified atom stereocenters. The number of alkyl halides is 3. The Morgan fingerprint density at radius 1 is 1.32 bits per heavy atom. The largest absolute Gasteiger partial charge is 0.402 e. The molecular formula is C13H19F3O7S2. The monoisotopic (exact) mass is 408 g/mol. The Balaban J connectivity index is 2.12. The molecule has 25 heavy (non-hydrogen) atoms. The number of carbonyl (C=O) groups excluding carboxylic acids is 1. The molecule has 2 fully saturated rings. The minimum absolute atomic E-state index is 0.00740. The first-order valence-corrected chi connectivity index (χ1v) is 10.5. The first-order valence-electron chi connectivity index (χ1n) is 7.46. The number of Topliss-reactive ketones (excluding diaryl/α,β-unsaturated/α-hetero) is 1. The fourth-order valence-corrected chi connectivity index (χ4v) is 5.96. The molecule has 2 aliphatic carbocycles. The van der Waals surface area contributed by atoms with Gasteiger partial charge < -0.3 is 0 Å². The highest BCUT2D eigenvalue weighted by atomic mass is 32.2. The molecule has 0 spiro atoms. The molecule has 2 aliphatic rings. The lowest BCUT2D eigenvalue weighted by molar-refractivity contribution is -0.128. The van der Waals surface area contributed by atoms with E-state index in [4.69, 9.17) is 4.55 Å². The van der Waals surface area contributed by atoms with Crippen LogP contribution in [0, 0.1) is 16.7 Å². The van der Waals surface area contributed by atoms with Crippen LogP contribution in [0.3, 0.4) is 0 Å². The van der Waals surface area contributed by atoms with Crippen molar-refractivity contribution in [3.63, 3.8) is 0 Å². The Morgan fingerprint density at radius 2 is 1.88 bits per heavy atom. The third-order valence-corrected chi connectivity index (χ3v) is 7.95. The van der Waals surface area contributed by atoms with Crippen molar-refractivity contribution in [2.45, 2.75) is 44.5 Å². The minimum atomic E-state index is -6.07. The molecule has 12 heteroatoms. The van der Waals surface area contributed by atoms with Gasteiger partial charge in [0.25, 0.3) is 10.1 Å². The van der Waals surface area contributed by atoms with Crippen molar-refractivity contribution in [2.75, 3.05) is 12.4 Å². The predicted molar refractivity (Wildman–Crippen MR) is 79.7 cm³/mol. The second kappa shape index (κ2) is 5.89. The Hall–Kier alpha value is -0.720. The van der Waals surface area contributed by atoms with Crippen LogP contribution < -0.4 is 0 Å². The normalized spacial score (nSPS) is 30.6. The summed E-state index contributed by atoms with van der Waals surface area (Å²) < 4.78 is 97.1. The fraction of sp³-hybridized carbons (Fsp3) is 0.923. The van der Waals surface area contributed by atoms with E-state index >= 15 is 0 Å². The van der Waals surface area contributed by atoms with Crippen LogP contribution in [0.25, 0.3) is 0 Å². The zero-order valence-corrected chi connectivity index (χ0v) is 15.2. The van der Waals surface area contributed by atoms with Crippen molar-refractivity contribution in [2.24, 2.45) is 16.7 Å². The molecule has 0 heterocycles. The van der Waals surface area contributed by atoms with Crippen LogP contribution in [0.5, 0.6) is 0 Å². The summed E-state index contributed by atoms with van der Waals surface area (Å²) in [6, 6.07) is 0. The van der Waals surface area contributed by atoms with E-state index in [-0.39, 0.29) is 18.1 Å². The summed E-state index contributed by atoms with van der Waals surface area (Å²) in [4.78, 5) is 12.3. The van der Waals surface area contributed by atoms with Gasteiger partial charge in [0, 0.05) is 6.42 Å². The first kappa shape index (κ1) is 20.6. The third kappa shape index (κ3) is 3.21. The van der Waals surface area contributed by atoms with Crippen LogP contribution in [-0.2, 0) is 29.2 Å². The summed E-state index contributed by atoms with van der Waals surface area (Å²) in [7, 11) is -10.7. The third-order valence-electron chi connectivity index (χ3n) is 5.66. The first-order chi connectivity index (χ1) is 11.1. The molecular weight excluding hydrogens is 389 g/mol. The summed E-state index contributed by atoms with van der Waals surface area (Å²) in [6.45, 7) is 1.70. The SMILES string of the molecule is CC1(C)C2CCC1(CS(=O)(=O)OCC(F)C(F)(F)S(=O)(=O)O)C(=O)C2. The minimum Gasteiger partial charge on any atom is -0.299 e. The van der Waals surface area contributed by atoms with Crippen molar-refractivity contribution >= 4 is 26.0 Å². The van der Waals surface area contributed by atoms with E-state index in [1.807, 2.05) is 0 Å². The molecule has 2 saturated carbocycles. The van der Waals surface area contributed by atoms with Gasteiger partial charge in [-0.3, -0.25) is 13.5 Å². The number of carbonyl (C=O) groups is 1. The van der Waals surface area contributed by atoms with Gasteiger partial charge in [0.05, 0.1) is 11.2 Å². The van der Waals surface area contributed by atoms with Gasteiger partial charge in [-0.05, 0) is 24.2 Å². The molecule has 3 atom stereocenters. The number of ketones is 1. The Kier molecular flexibility index (Phi) is 4.85. The van der Waals surface area contributed by atoms with Gasteiger partial charge in [-0.1, -0.05) is 13.8 Å². The van der Waals surface area contributed by atoms with Crippen molar-refractivity contribution in [3.05, 3.63) is 0 Å². The Morgan fingerprint density at radius 3 is 2.28 bits per heavy atom. The van der Waals surface area contributed by atoms with E-state index in [1.165, 1.54) is 0 Å². The van der Waals surface area contributed by atoms with Crippen LogP contribution in [0.2, 0.25) is 0 Å². The summed E-state index contributed by atoms with van der Waals surface area (Å²) in [6.07, 6.45) is -2.43. The van der Waals surface area contributed by atoms with Crippen LogP contribution >= 0.6 is 0 Å². The molecule has 0 aromatic heterocycles. The van der Waals surface area contributed by atoms with Gasteiger partial charge in [0.2, 0.25) is 6.17 Å². The maximum atomic E-state index is 13.4. The quantitative estimate of drug-likeness (QED) is 0.502. The molecule has 0 radical (unpaired) electrons. The van der Waals surface area contributed by atoms with Crippen LogP contribution in [0.4, 0.5) is 13.2 Å². The van der Waals surface area contributed by atoms with Crippen LogP contribution in [0.1, 0.15) is 33.1 Å². The predicted octanol–water partition coefficient (Wildman–Crippen LogP) is 1.55. The average Bonchev–Trinajstić information content (AvgIpc) is 2.77.